The monoisotopic (exact) mass is 502 g/mol. The minimum atomic E-state index is 0.00403. The molecule has 0 fully saturated rings. The molecule has 0 unspecified atom stereocenters. The van der Waals surface area contributed by atoms with Crippen LogP contribution in [0.3, 0.4) is 0 Å². The van der Waals surface area contributed by atoms with Crippen LogP contribution in [0, 0.1) is 0 Å². The van der Waals surface area contributed by atoms with E-state index in [9.17, 15) is 9.59 Å². The van der Waals surface area contributed by atoms with E-state index in [1.54, 1.807) is 23.6 Å². The number of carbonyl (C=O) groups is 2. The molecule has 11 heteroatoms. The van der Waals surface area contributed by atoms with Crippen molar-refractivity contribution in [2.45, 2.75) is 53.8 Å². The van der Waals surface area contributed by atoms with Crippen molar-refractivity contribution in [3.63, 3.8) is 0 Å². The molecule has 1 aliphatic heterocycles. The number of nitrogens with zero attached hydrogens (tertiary/aromatic N) is 7. The van der Waals surface area contributed by atoms with Gasteiger partial charge in [0.2, 0.25) is 11.8 Å². The van der Waals surface area contributed by atoms with Crippen molar-refractivity contribution in [2.75, 3.05) is 29.4 Å². The standard InChI is InChI=1S/C23H32N7O2S2/c1-6-28(16(3)31)22-25-18(13-33-22)10-30(9-8-21-20(12-30)24-15-27(21)5)11-19-14-34-23(26-19)29(7-2)17(4)32/h13-15H,6-12H2,1-5H3/q+1. The van der Waals surface area contributed by atoms with E-state index in [0.717, 1.165) is 64.4 Å². The van der Waals surface area contributed by atoms with E-state index in [4.69, 9.17) is 9.97 Å². The van der Waals surface area contributed by atoms with Crippen LogP contribution >= 0.6 is 22.7 Å². The predicted octanol–water partition coefficient (Wildman–Crippen LogP) is 3.35. The lowest BCUT2D eigenvalue weighted by atomic mass is 10.1. The number of fused-ring (bicyclic) bond motifs is 1. The van der Waals surface area contributed by atoms with Gasteiger partial charge in [-0.25, -0.2) is 15.0 Å². The maximum absolute atomic E-state index is 12.0. The third-order valence-corrected chi connectivity index (χ3v) is 8.21. The largest absolute Gasteiger partial charge is 0.337 e. The number of carbonyl (C=O) groups excluding carboxylic acids is 2. The Kier molecular flexibility index (Phi) is 7.15. The van der Waals surface area contributed by atoms with Gasteiger partial charge in [0.25, 0.3) is 0 Å². The summed E-state index contributed by atoms with van der Waals surface area (Å²) in [5.74, 6) is 0.00805. The second-order valence-electron chi connectivity index (χ2n) is 8.81. The van der Waals surface area contributed by atoms with Crippen molar-refractivity contribution in [1.29, 1.82) is 0 Å². The highest BCUT2D eigenvalue weighted by Gasteiger charge is 2.37. The maximum atomic E-state index is 12.0. The van der Waals surface area contributed by atoms with E-state index >= 15 is 0 Å². The van der Waals surface area contributed by atoms with Gasteiger partial charge in [0.1, 0.15) is 36.7 Å². The molecule has 2 amide bonds. The molecule has 0 saturated heterocycles. The molecule has 0 aromatic carbocycles. The number of amides is 2. The van der Waals surface area contributed by atoms with Crippen LogP contribution in [0.4, 0.5) is 10.3 Å². The molecule has 1 aliphatic rings. The van der Waals surface area contributed by atoms with Gasteiger partial charge in [-0.3, -0.25) is 19.4 Å². The van der Waals surface area contributed by atoms with E-state index in [2.05, 4.69) is 20.3 Å². The highest BCUT2D eigenvalue weighted by molar-refractivity contribution is 7.14. The second-order valence-corrected chi connectivity index (χ2v) is 10.5. The SMILES string of the molecule is CCN(C(C)=O)c1nc(C[N+]2(Cc3csc(N(CC)C(C)=O)n3)CCc3c(ncn3C)C2)cs1. The molecule has 4 rings (SSSR count). The molecule has 0 radical (unpaired) electrons. The third kappa shape index (κ3) is 4.91. The Balaban J connectivity index is 1.63. The fraction of sp³-hybridized carbons (Fsp3) is 0.522. The molecule has 0 saturated carbocycles. The van der Waals surface area contributed by atoms with Gasteiger partial charge in [-0.15, -0.1) is 22.7 Å². The normalized spacial score (nSPS) is 14.6. The average Bonchev–Trinajstić information content (AvgIpc) is 3.50. The molecule has 182 valence electrons. The summed E-state index contributed by atoms with van der Waals surface area (Å²) < 4.78 is 2.87. The minimum absolute atomic E-state index is 0.00403. The van der Waals surface area contributed by atoms with Crippen LogP contribution in [0.2, 0.25) is 0 Å². The van der Waals surface area contributed by atoms with Crippen LogP contribution in [0.1, 0.15) is 50.5 Å². The summed E-state index contributed by atoms with van der Waals surface area (Å²) >= 11 is 3.03. The summed E-state index contributed by atoms with van der Waals surface area (Å²) in [7, 11) is 2.05. The van der Waals surface area contributed by atoms with Crippen LogP contribution in [0.25, 0.3) is 0 Å². The first-order valence-corrected chi connectivity index (χ1v) is 13.3. The number of imidazole rings is 1. The molecule has 3 aromatic heterocycles. The highest BCUT2D eigenvalue weighted by atomic mass is 32.1. The fourth-order valence-electron chi connectivity index (χ4n) is 4.68. The van der Waals surface area contributed by atoms with Gasteiger partial charge in [-0.2, -0.15) is 0 Å². The molecule has 9 nitrogen and oxygen atoms in total. The van der Waals surface area contributed by atoms with Gasteiger partial charge < -0.3 is 9.05 Å². The van der Waals surface area contributed by atoms with Crippen molar-refractivity contribution < 1.29 is 14.1 Å². The molecule has 0 bridgehead atoms. The lowest BCUT2D eigenvalue weighted by molar-refractivity contribution is -0.968. The van der Waals surface area contributed by atoms with E-state index in [1.807, 2.05) is 27.2 Å². The number of hydrogen-bond donors (Lipinski definition) is 0. The van der Waals surface area contributed by atoms with Crippen LogP contribution < -0.4 is 9.80 Å². The predicted molar refractivity (Wildman–Crippen MR) is 135 cm³/mol. The molecule has 3 aromatic rings. The Bertz CT molecular complexity index is 1120. The first kappa shape index (κ1) is 24.5. The van der Waals surface area contributed by atoms with Crippen molar-refractivity contribution >= 4 is 44.8 Å². The number of quaternary nitrogens is 1. The van der Waals surface area contributed by atoms with Crippen LogP contribution in [-0.4, -0.2) is 55.5 Å². The first-order valence-electron chi connectivity index (χ1n) is 11.5. The average molecular weight is 503 g/mol. The molecule has 0 N–H and O–H groups in total. The van der Waals surface area contributed by atoms with Crippen molar-refractivity contribution in [2.24, 2.45) is 7.05 Å². The number of aromatic nitrogens is 4. The smallest absolute Gasteiger partial charge is 0.225 e. The Labute approximate surface area is 208 Å². The molecule has 0 atom stereocenters. The van der Waals surface area contributed by atoms with Gasteiger partial charge in [0, 0.05) is 51.2 Å². The van der Waals surface area contributed by atoms with Crippen LogP contribution in [0.5, 0.6) is 0 Å². The van der Waals surface area contributed by atoms with Crippen molar-refractivity contribution in [3.8, 4) is 0 Å². The number of anilines is 2. The Morgan fingerprint density at radius 3 is 2.00 bits per heavy atom. The maximum Gasteiger partial charge on any atom is 0.225 e. The lowest BCUT2D eigenvalue weighted by Crippen LogP contribution is -2.50. The second kappa shape index (κ2) is 9.93. The summed E-state index contributed by atoms with van der Waals surface area (Å²) in [6, 6.07) is 0. The summed E-state index contributed by atoms with van der Waals surface area (Å²) in [6.07, 6.45) is 2.83. The van der Waals surface area contributed by atoms with E-state index in [-0.39, 0.29) is 11.8 Å². The summed E-state index contributed by atoms with van der Waals surface area (Å²) in [4.78, 5) is 41.7. The quantitative estimate of drug-likeness (QED) is 0.441. The summed E-state index contributed by atoms with van der Waals surface area (Å²) in [5.41, 5.74) is 4.37. The fourth-order valence-corrected chi connectivity index (χ4v) is 6.53. The van der Waals surface area contributed by atoms with Crippen LogP contribution in [0.15, 0.2) is 17.1 Å². The molecule has 0 spiro atoms. The number of rotatable bonds is 8. The summed E-state index contributed by atoms with van der Waals surface area (Å²) in [6.45, 7) is 11.5. The lowest BCUT2D eigenvalue weighted by Gasteiger charge is -2.40. The van der Waals surface area contributed by atoms with Gasteiger partial charge in [-0.05, 0) is 13.8 Å². The van der Waals surface area contributed by atoms with Gasteiger partial charge in [-0.1, -0.05) is 0 Å². The molecular weight excluding hydrogens is 470 g/mol. The molecule has 4 heterocycles. The Morgan fingerprint density at radius 2 is 1.53 bits per heavy atom. The third-order valence-electron chi connectivity index (χ3n) is 6.38. The Morgan fingerprint density at radius 1 is 1.00 bits per heavy atom. The first-order chi connectivity index (χ1) is 16.2. The van der Waals surface area contributed by atoms with E-state index in [1.165, 1.54) is 28.4 Å². The number of thiazole rings is 2. The van der Waals surface area contributed by atoms with Crippen LogP contribution in [-0.2, 0) is 42.7 Å². The molecule has 34 heavy (non-hydrogen) atoms. The zero-order valence-corrected chi connectivity index (χ0v) is 22.1. The molecule has 0 aliphatic carbocycles. The van der Waals surface area contributed by atoms with E-state index < -0.39 is 0 Å². The zero-order chi connectivity index (χ0) is 24.5. The highest BCUT2D eigenvalue weighted by Crippen LogP contribution is 2.32. The number of aryl methyl sites for hydroxylation is 1. The van der Waals surface area contributed by atoms with Crippen molar-refractivity contribution in [3.05, 3.63) is 39.9 Å². The van der Waals surface area contributed by atoms with E-state index in [0.29, 0.717) is 13.1 Å². The zero-order valence-electron chi connectivity index (χ0n) is 20.4. The topological polar surface area (TPSA) is 84.2 Å². The Hall–Kier alpha value is -2.63. The van der Waals surface area contributed by atoms with Gasteiger partial charge in [0.05, 0.1) is 18.6 Å². The van der Waals surface area contributed by atoms with Gasteiger partial charge >= 0.3 is 0 Å². The van der Waals surface area contributed by atoms with Crippen molar-refractivity contribution in [1.82, 2.24) is 19.5 Å². The molecular formula is C23H32N7O2S2+. The summed E-state index contributed by atoms with van der Waals surface area (Å²) in [5, 5.41) is 5.62. The number of hydrogen-bond acceptors (Lipinski definition) is 7. The van der Waals surface area contributed by atoms with Gasteiger partial charge in [0.15, 0.2) is 10.3 Å². The minimum Gasteiger partial charge on any atom is -0.337 e.